The van der Waals surface area contributed by atoms with Crippen LogP contribution in [0.25, 0.3) is 0 Å². The van der Waals surface area contributed by atoms with Crippen LogP contribution in [0.15, 0.2) is 0 Å². The minimum atomic E-state index is -0.892. The first-order valence-electron chi connectivity index (χ1n) is 6.22. The number of carbonyl (C=O) groups is 2. The number of carboxylic acid groups (broad SMARTS) is 1. The van der Waals surface area contributed by atoms with Gasteiger partial charge in [0.15, 0.2) is 0 Å². The molecule has 2 heterocycles. The van der Waals surface area contributed by atoms with Gasteiger partial charge < -0.3 is 15.3 Å². The van der Waals surface area contributed by atoms with E-state index < -0.39 is 12.0 Å². The minimum absolute atomic E-state index is 0.0311. The van der Waals surface area contributed by atoms with Crippen molar-refractivity contribution < 1.29 is 14.7 Å². The molecule has 0 aromatic carbocycles. The van der Waals surface area contributed by atoms with Crippen molar-refractivity contribution in [3.63, 3.8) is 0 Å². The normalized spacial score (nSPS) is 30.5. The molecule has 0 aliphatic carbocycles. The molecule has 0 aromatic rings. The summed E-state index contributed by atoms with van der Waals surface area (Å²) in [6, 6.07) is -0.678. The van der Waals surface area contributed by atoms with Gasteiger partial charge in [0.2, 0.25) is 5.91 Å². The lowest BCUT2D eigenvalue weighted by atomic mass is 9.85. The summed E-state index contributed by atoms with van der Waals surface area (Å²) in [6.45, 7) is 5.84. The molecule has 1 spiro atoms. The van der Waals surface area contributed by atoms with Crippen molar-refractivity contribution in [1.82, 2.24) is 10.2 Å². The molecule has 0 bridgehead atoms. The number of carbonyl (C=O) groups excluding carboxylic acids is 1. The molecule has 96 valence electrons. The zero-order valence-corrected chi connectivity index (χ0v) is 10.4. The van der Waals surface area contributed by atoms with Crippen molar-refractivity contribution in [2.75, 3.05) is 19.6 Å². The molecular weight excluding hydrogens is 220 g/mol. The number of aliphatic carboxylic acids is 1. The van der Waals surface area contributed by atoms with Crippen LogP contribution in [0.5, 0.6) is 0 Å². The van der Waals surface area contributed by atoms with Gasteiger partial charge in [0.05, 0.1) is 5.41 Å². The molecular formula is C12H20N2O3. The predicted octanol–water partition coefficient (Wildman–Crippen LogP) is 0.308. The lowest BCUT2D eigenvalue weighted by molar-refractivity contribution is -0.152. The molecule has 1 amide bonds. The summed E-state index contributed by atoms with van der Waals surface area (Å²) in [6.07, 6.45) is 1.63. The number of nitrogens with zero attached hydrogens (tertiary/aromatic N) is 1. The van der Waals surface area contributed by atoms with Crippen LogP contribution in [-0.2, 0) is 9.59 Å². The summed E-state index contributed by atoms with van der Waals surface area (Å²) in [5.74, 6) is -0.916. The van der Waals surface area contributed by atoms with E-state index in [0.717, 1.165) is 19.4 Å². The second-order valence-electron chi connectivity index (χ2n) is 5.48. The van der Waals surface area contributed by atoms with E-state index in [2.05, 4.69) is 5.32 Å². The van der Waals surface area contributed by atoms with Gasteiger partial charge in [-0.15, -0.1) is 0 Å². The first kappa shape index (κ1) is 12.4. The van der Waals surface area contributed by atoms with Crippen molar-refractivity contribution in [3.05, 3.63) is 0 Å². The SMILES string of the molecule is CC(C)[C@@H](C(=O)O)N1CC[C@]2(CCNC2)C1=O. The van der Waals surface area contributed by atoms with E-state index in [0.29, 0.717) is 13.1 Å². The third kappa shape index (κ3) is 1.92. The Bertz CT molecular complexity index is 335. The molecule has 2 aliphatic rings. The summed E-state index contributed by atoms with van der Waals surface area (Å²) in [4.78, 5) is 25.2. The fraction of sp³-hybridized carbons (Fsp3) is 0.833. The molecule has 2 aliphatic heterocycles. The Morgan fingerprint density at radius 3 is 2.65 bits per heavy atom. The average molecular weight is 240 g/mol. The van der Waals surface area contributed by atoms with Gasteiger partial charge in [-0.2, -0.15) is 0 Å². The van der Waals surface area contributed by atoms with E-state index in [9.17, 15) is 14.7 Å². The van der Waals surface area contributed by atoms with Crippen LogP contribution in [-0.4, -0.2) is 47.6 Å². The molecule has 2 atom stereocenters. The summed E-state index contributed by atoms with van der Waals surface area (Å²) >= 11 is 0. The summed E-state index contributed by atoms with van der Waals surface area (Å²) in [5, 5.41) is 12.5. The number of amides is 1. The molecule has 17 heavy (non-hydrogen) atoms. The fourth-order valence-electron chi connectivity index (χ4n) is 3.03. The first-order chi connectivity index (χ1) is 7.98. The van der Waals surface area contributed by atoms with E-state index in [1.54, 1.807) is 4.90 Å². The molecule has 0 saturated carbocycles. The summed E-state index contributed by atoms with van der Waals surface area (Å²) < 4.78 is 0. The van der Waals surface area contributed by atoms with Gasteiger partial charge in [-0.05, 0) is 25.3 Å². The Morgan fingerprint density at radius 2 is 2.18 bits per heavy atom. The Hall–Kier alpha value is -1.10. The van der Waals surface area contributed by atoms with E-state index in [1.165, 1.54) is 0 Å². The third-order valence-corrected chi connectivity index (χ3v) is 4.01. The van der Waals surface area contributed by atoms with Gasteiger partial charge in [-0.1, -0.05) is 13.8 Å². The zero-order valence-electron chi connectivity index (χ0n) is 10.4. The molecule has 0 aromatic heterocycles. The van der Waals surface area contributed by atoms with Crippen LogP contribution in [0.4, 0.5) is 0 Å². The molecule has 5 nitrogen and oxygen atoms in total. The van der Waals surface area contributed by atoms with Crippen molar-refractivity contribution in [2.24, 2.45) is 11.3 Å². The van der Waals surface area contributed by atoms with Crippen LogP contribution in [0.3, 0.4) is 0 Å². The smallest absolute Gasteiger partial charge is 0.326 e. The van der Waals surface area contributed by atoms with E-state index >= 15 is 0 Å². The van der Waals surface area contributed by atoms with E-state index in [4.69, 9.17) is 0 Å². The van der Waals surface area contributed by atoms with Crippen LogP contribution in [0.1, 0.15) is 26.7 Å². The van der Waals surface area contributed by atoms with Crippen LogP contribution >= 0.6 is 0 Å². The lowest BCUT2D eigenvalue weighted by Crippen LogP contribution is -2.48. The quantitative estimate of drug-likeness (QED) is 0.745. The van der Waals surface area contributed by atoms with Gasteiger partial charge in [-0.25, -0.2) is 4.79 Å². The summed E-state index contributed by atoms with van der Waals surface area (Å²) in [7, 11) is 0. The minimum Gasteiger partial charge on any atom is -0.480 e. The van der Waals surface area contributed by atoms with Crippen LogP contribution in [0, 0.1) is 11.3 Å². The predicted molar refractivity (Wildman–Crippen MR) is 62.5 cm³/mol. The number of likely N-dealkylation sites (tertiary alicyclic amines) is 1. The molecule has 2 N–H and O–H groups in total. The topological polar surface area (TPSA) is 69.6 Å². The molecule has 2 fully saturated rings. The van der Waals surface area contributed by atoms with Crippen molar-refractivity contribution in [1.29, 1.82) is 0 Å². The van der Waals surface area contributed by atoms with Gasteiger partial charge in [0.1, 0.15) is 6.04 Å². The zero-order chi connectivity index (χ0) is 12.6. The van der Waals surface area contributed by atoms with Gasteiger partial charge in [0, 0.05) is 13.1 Å². The van der Waals surface area contributed by atoms with Gasteiger partial charge in [-0.3, -0.25) is 4.79 Å². The number of hydrogen-bond donors (Lipinski definition) is 2. The second-order valence-corrected chi connectivity index (χ2v) is 5.48. The molecule has 0 radical (unpaired) electrons. The standard InChI is InChI=1S/C12H20N2O3/c1-8(2)9(10(15)16)14-6-4-12(11(14)17)3-5-13-7-12/h8-9,13H,3-7H2,1-2H3,(H,15,16)/t9-,12-/m0/s1. The Labute approximate surface area is 101 Å². The third-order valence-electron chi connectivity index (χ3n) is 4.01. The number of nitrogens with one attached hydrogen (secondary N) is 1. The maximum atomic E-state index is 12.4. The number of hydrogen-bond acceptors (Lipinski definition) is 3. The maximum Gasteiger partial charge on any atom is 0.326 e. The van der Waals surface area contributed by atoms with E-state index in [1.807, 2.05) is 13.8 Å². The average Bonchev–Trinajstić information content (AvgIpc) is 2.81. The maximum absolute atomic E-state index is 12.4. The van der Waals surface area contributed by atoms with Crippen molar-refractivity contribution >= 4 is 11.9 Å². The first-order valence-corrected chi connectivity index (χ1v) is 6.22. The Balaban J connectivity index is 2.18. The van der Waals surface area contributed by atoms with Gasteiger partial charge >= 0.3 is 5.97 Å². The van der Waals surface area contributed by atoms with Crippen molar-refractivity contribution in [2.45, 2.75) is 32.7 Å². The second kappa shape index (κ2) is 4.29. The highest BCUT2D eigenvalue weighted by molar-refractivity contribution is 5.89. The number of carboxylic acids is 1. The molecule has 2 rings (SSSR count). The number of rotatable bonds is 3. The highest BCUT2D eigenvalue weighted by Gasteiger charge is 2.51. The largest absolute Gasteiger partial charge is 0.480 e. The Kier molecular flexibility index (Phi) is 3.12. The van der Waals surface area contributed by atoms with Gasteiger partial charge in [0.25, 0.3) is 0 Å². The summed E-state index contributed by atoms with van der Waals surface area (Å²) in [5.41, 5.74) is -0.317. The molecule has 5 heteroatoms. The van der Waals surface area contributed by atoms with E-state index in [-0.39, 0.29) is 17.2 Å². The lowest BCUT2D eigenvalue weighted by Gasteiger charge is -2.29. The van der Waals surface area contributed by atoms with Crippen molar-refractivity contribution in [3.8, 4) is 0 Å². The molecule has 2 saturated heterocycles. The highest BCUT2D eigenvalue weighted by atomic mass is 16.4. The Morgan fingerprint density at radius 1 is 1.47 bits per heavy atom. The molecule has 0 unspecified atom stereocenters. The fourth-order valence-corrected chi connectivity index (χ4v) is 3.03. The highest BCUT2D eigenvalue weighted by Crippen LogP contribution is 2.39. The monoisotopic (exact) mass is 240 g/mol. The van der Waals surface area contributed by atoms with Crippen LogP contribution in [0.2, 0.25) is 0 Å². The van der Waals surface area contributed by atoms with Crippen LogP contribution < -0.4 is 5.32 Å².